The van der Waals surface area contributed by atoms with Crippen molar-refractivity contribution >= 4 is 17.3 Å². The Balaban J connectivity index is 1.52. The lowest BCUT2D eigenvalue weighted by Crippen LogP contribution is -2.51. The number of halogens is 1. The largest absolute Gasteiger partial charge is 0.489 e. The number of hydrogen-bond donors (Lipinski definition) is 2. The van der Waals surface area contributed by atoms with Crippen LogP contribution in [0, 0.1) is 11.2 Å². The van der Waals surface area contributed by atoms with Crippen LogP contribution in [0.15, 0.2) is 46.4 Å². The minimum absolute atomic E-state index is 0.0838. The molecule has 0 saturated carbocycles. The molecule has 1 aromatic carbocycles. The first-order valence-corrected chi connectivity index (χ1v) is 13.5. The zero-order valence-corrected chi connectivity index (χ0v) is 22.7. The summed E-state index contributed by atoms with van der Waals surface area (Å²) in [6, 6.07) is 4.90. The number of benzene rings is 1. The maximum atomic E-state index is 14.3. The fourth-order valence-corrected chi connectivity index (χ4v) is 5.49. The molecule has 37 heavy (non-hydrogen) atoms. The summed E-state index contributed by atoms with van der Waals surface area (Å²) in [5.74, 6) is 0.199. The summed E-state index contributed by atoms with van der Waals surface area (Å²) in [5.41, 5.74) is 3.30. The Bertz CT molecular complexity index is 1140. The number of carbonyl (C=O) groups is 1. The van der Waals surface area contributed by atoms with Crippen LogP contribution in [-0.4, -0.2) is 65.0 Å². The van der Waals surface area contributed by atoms with Gasteiger partial charge in [-0.25, -0.2) is 9.38 Å². The normalized spacial score (nSPS) is 26.6. The van der Waals surface area contributed by atoms with Crippen LogP contribution >= 0.6 is 0 Å². The molecule has 7 nitrogen and oxygen atoms in total. The summed E-state index contributed by atoms with van der Waals surface area (Å²) in [6.07, 6.45) is 6.85. The summed E-state index contributed by atoms with van der Waals surface area (Å²) in [6.45, 7) is 12.1. The number of amides is 1. The van der Waals surface area contributed by atoms with Crippen LogP contribution < -0.4 is 10.1 Å². The molecule has 0 spiro atoms. The van der Waals surface area contributed by atoms with E-state index in [0.717, 1.165) is 37.1 Å². The van der Waals surface area contributed by atoms with Gasteiger partial charge in [-0.1, -0.05) is 20.3 Å². The van der Waals surface area contributed by atoms with Gasteiger partial charge in [0.05, 0.1) is 24.4 Å². The Morgan fingerprint density at radius 3 is 2.73 bits per heavy atom. The van der Waals surface area contributed by atoms with E-state index in [0.29, 0.717) is 34.8 Å². The first-order chi connectivity index (χ1) is 17.7. The Hall–Kier alpha value is -3.00. The molecule has 2 N–H and O–H groups in total. The second-order valence-corrected chi connectivity index (χ2v) is 10.5. The number of hydrogen-bond acceptors (Lipinski definition) is 6. The van der Waals surface area contributed by atoms with Gasteiger partial charge >= 0.3 is 0 Å². The van der Waals surface area contributed by atoms with E-state index in [1.165, 1.54) is 31.0 Å². The minimum atomic E-state index is -0.428. The lowest BCUT2D eigenvalue weighted by Gasteiger charge is -2.44. The fraction of sp³-hybridized carbons (Fsp3) is 0.552. The van der Waals surface area contributed by atoms with E-state index in [2.05, 4.69) is 36.0 Å². The van der Waals surface area contributed by atoms with Crippen molar-refractivity contribution in [1.29, 1.82) is 5.41 Å². The van der Waals surface area contributed by atoms with Gasteiger partial charge in [-0.05, 0) is 70.7 Å². The minimum Gasteiger partial charge on any atom is -0.489 e. The molecular formula is C29H40FN5O2. The number of ether oxygens (including phenoxy) is 1. The molecule has 0 aromatic heterocycles. The van der Waals surface area contributed by atoms with E-state index in [1.807, 2.05) is 20.0 Å². The number of aliphatic imine (C=N–C) groups is 1. The summed E-state index contributed by atoms with van der Waals surface area (Å²) in [7, 11) is 0. The van der Waals surface area contributed by atoms with Crippen molar-refractivity contribution in [3.05, 3.63) is 52.7 Å². The third-order valence-corrected chi connectivity index (χ3v) is 7.79. The molecule has 2 fully saturated rings. The predicted molar refractivity (Wildman–Crippen MR) is 146 cm³/mol. The molecule has 2 saturated heterocycles. The SMILES string of the molecule is CCCCN1C(C)CC(Oc2cc(F)ccc2C(=O)N2CC(=N)/C(=C3/N=C(C)C(C)=CN3)C2)CC1CC. The van der Waals surface area contributed by atoms with Crippen LogP contribution in [-0.2, 0) is 0 Å². The number of nitrogens with one attached hydrogen (secondary N) is 2. The summed E-state index contributed by atoms with van der Waals surface area (Å²) in [4.78, 5) is 22.3. The molecule has 1 aromatic rings. The molecule has 3 aliphatic rings. The highest BCUT2D eigenvalue weighted by Gasteiger charge is 2.35. The zero-order valence-electron chi connectivity index (χ0n) is 22.7. The summed E-state index contributed by atoms with van der Waals surface area (Å²) >= 11 is 0. The van der Waals surface area contributed by atoms with Gasteiger partial charge < -0.3 is 20.4 Å². The number of unbranched alkanes of at least 4 members (excludes halogenated alkanes) is 1. The molecule has 3 unspecified atom stereocenters. The van der Waals surface area contributed by atoms with Gasteiger partial charge in [-0.15, -0.1) is 0 Å². The monoisotopic (exact) mass is 509 g/mol. The predicted octanol–water partition coefficient (Wildman–Crippen LogP) is 5.29. The smallest absolute Gasteiger partial charge is 0.258 e. The third kappa shape index (κ3) is 5.95. The zero-order chi connectivity index (χ0) is 26.7. The fourth-order valence-electron chi connectivity index (χ4n) is 5.49. The topological polar surface area (TPSA) is 81.0 Å². The average molecular weight is 510 g/mol. The molecule has 3 atom stereocenters. The van der Waals surface area contributed by atoms with Crippen molar-refractivity contribution < 1.29 is 13.9 Å². The van der Waals surface area contributed by atoms with Gasteiger partial charge in [0.2, 0.25) is 0 Å². The summed E-state index contributed by atoms with van der Waals surface area (Å²) < 4.78 is 20.7. The third-order valence-electron chi connectivity index (χ3n) is 7.79. The van der Waals surface area contributed by atoms with Crippen molar-refractivity contribution in [2.75, 3.05) is 19.6 Å². The van der Waals surface area contributed by atoms with Crippen molar-refractivity contribution in [2.45, 2.75) is 84.9 Å². The number of rotatable bonds is 7. The molecule has 4 rings (SSSR count). The molecule has 0 bridgehead atoms. The molecule has 3 heterocycles. The van der Waals surface area contributed by atoms with Crippen LogP contribution in [0.5, 0.6) is 5.75 Å². The van der Waals surface area contributed by atoms with E-state index >= 15 is 0 Å². The second kappa shape index (κ2) is 11.6. The second-order valence-electron chi connectivity index (χ2n) is 10.5. The van der Waals surface area contributed by atoms with Crippen LogP contribution in [0.25, 0.3) is 0 Å². The highest BCUT2D eigenvalue weighted by Crippen LogP contribution is 2.32. The first-order valence-electron chi connectivity index (χ1n) is 13.5. The van der Waals surface area contributed by atoms with Gasteiger partial charge in [-0.2, -0.15) is 0 Å². The van der Waals surface area contributed by atoms with E-state index in [9.17, 15) is 9.18 Å². The summed E-state index contributed by atoms with van der Waals surface area (Å²) in [5, 5.41) is 11.6. The van der Waals surface area contributed by atoms with Gasteiger partial charge in [0.15, 0.2) is 0 Å². The molecule has 3 aliphatic heterocycles. The average Bonchev–Trinajstić information content (AvgIpc) is 3.26. The Kier molecular flexibility index (Phi) is 8.47. The highest BCUT2D eigenvalue weighted by atomic mass is 19.1. The van der Waals surface area contributed by atoms with Crippen molar-refractivity contribution in [2.24, 2.45) is 4.99 Å². The van der Waals surface area contributed by atoms with E-state index < -0.39 is 5.82 Å². The molecule has 200 valence electrons. The Morgan fingerprint density at radius 2 is 2.03 bits per heavy atom. The van der Waals surface area contributed by atoms with E-state index in [-0.39, 0.29) is 30.9 Å². The molecule has 1 amide bonds. The molecule has 8 heteroatoms. The number of piperidine rings is 1. The van der Waals surface area contributed by atoms with E-state index in [1.54, 1.807) is 4.90 Å². The van der Waals surface area contributed by atoms with Crippen molar-refractivity contribution in [1.82, 2.24) is 15.1 Å². The van der Waals surface area contributed by atoms with Crippen molar-refractivity contribution in [3.8, 4) is 5.75 Å². The molecule has 0 aliphatic carbocycles. The highest BCUT2D eigenvalue weighted by molar-refractivity contribution is 6.09. The van der Waals surface area contributed by atoms with E-state index in [4.69, 9.17) is 10.1 Å². The van der Waals surface area contributed by atoms with Gasteiger partial charge in [0.25, 0.3) is 5.91 Å². The standard InChI is InChI=1S/C29H40FN5O2/c1-6-8-11-35-19(4)12-23(14-22(35)7-2)37-27-13-21(30)9-10-24(27)29(36)34-16-25(26(31)17-34)28-32-15-18(3)20(5)33-28/h9-10,13,15,19,22-23,31-32H,6-8,11-12,14,16-17H2,1-5H3/b28-25+,31-26?. The maximum Gasteiger partial charge on any atom is 0.258 e. The first kappa shape index (κ1) is 27.0. The van der Waals surface area contributed by atoms with Gasteiger partial charge in [-0.3, -0.25) is 9.69 Å². The van der Waals surface area contributed by atoms with Crippen LogP contribution in [0.3, 0.4) is 0 Å². The quantitative estimate of drug-likeness (QED) is 0.523. The lowest BCUT2D eigenvalue weighted by molar-refractivity contribution is 0.0158. The van der Waals surface area contributed by atoms with Gasteiger partial charge in [0.1, 0.15) is 23.5 Å². The lowest BCUT2D eigenvalue weighted by atomic mass is 9.91. The van der Waals surface area contributed by atoms with Crippen LogP contribution in [0.2, 0.25) is 0 Å². The number of nitrogens with zero attached hydrogens (tertiary/aromatic N) is 3. The maximum absolute atomic E-state index is 14.3. The van der Waals surface area contributed by atoms with Crippen LogP contribution in [0.1, 0.15) is 77.1 Å². The molecule has 0 radical (unpaired) electrons. The van der Waals surface area contributed by atoms with Crippen molar-refractivity contribution in [3.63, 3.8) is 0 Å². The van der Waals surface area contributed by atoms with Gasteiger partial charge in [0, 0.05) is 35.6 Å². The Labute approximate surface area is 220 Å². The number of likely N-dealkylation sites (tertiary alicyclic amines) is 2. The number of carbonyl (C=O) groups excluding carboxylic acids is 1. The van der Waals surface area contributed by atoms with Crippen LogP contribution in [0.4, 0.5) is 4.39 Å². The molecular weight excluding hydrogens is 469 g/mol. The Morgan fingerprint density at radius 1 is 1.24 bits per heavy atom. The number of allylic oxidation sites excluding steroid dienone is 1.